The van der Waals surface area contributed by atoms with E-state index in [0.717, 1.165) is 17.4 Å². The molecule has 1 spiro atoms. The molecule has 1 nitrogen and oxygen atoms in total. The summed E-state index contributed by atoms with van der Waals surface area (Å²) in [5.41, 5.74) is 1.89. The Morgan fingerprint density at radius 3 is 2.87 bits per heavy atom. The lowest BCUT2D eigenvalue weighted by molar-refractivity contribution is 0.270. The predicted molar refractivity (Wildman–Crippen MR) is 65.8 cm³/mol. The Balaban J connectivity index is 2.03. The van der Waals surface area contributed by atoms with E-state index in [-0.39, 0.29) is 0 Å². The van der Waals surface area contributed by atoms with E-state index in [1.807, 2.05) is 11.3 Å². The van der Waals surface area contributed by atoms with Gasteiger partial charge in [0, 0.05) is 23.4 Å². The maximum atomic E-state index is 6.14. The fraction of sp³-hybridized carbons (Fsp3) is 0.667. The lowest BCUT2D eigenvalue weighted by atomic mass is 9.70. The molecule has 2 heterocycles. The Bertz CT molecular complexity index is 366. The van der Waals surface area contributed by atoms with Crippen molar-refractivity contribution in [3.8, 4) is 0 Å². The molecule has 0 aromatic carbocycles. The van der Waals surface area contributed by atoms with Crippen LogP contribution in [-0.4, -0.2) is 6.54 Å². The van der Waals surface area contributed by atoms with Gasteiger partial charge in [0.2, 0.25) is 0 Å². The average molecular weight is 242 g/mol. The van der Waals surface area contributed by atoms with Gasteiger partial charge in [0.25, 0.3) is 0 Å². The van der Waals surface area contributed by atoms with Gasteiger partial charge in [0.1, 0.15) is 0 Å². The van der Waals surface area contributed by atoms with Gasteiger partial charge in [-0.1, -0.05) is 30.9 Å². The minimum Gasteiger partial charge on any atom is -0.312 e. The molecule has 1 aromatic rings. The highest BCUT2D eigenvalue weighted by molar-refractivity contribution is 7.16. The van der Waals surface area contributed by atoms with E-state index >= 15 is 0 Å². The summed E-state index contributed by atoms with van der Waals surface area (Å²) in [5, 5.41) is 3.56. The van der Waals surface area contributed by atoms with Gasteiger partial charge in [0.05, 0.1) is 4.34 Å². The van der Waals surface area contributed by atoms with Crippen LogP contribution in [-0.2, 0) is 12.0 Å². The highest BCUT2D eigenvalue weighted by Gasteiger charge is 2.39. The van der Waals surface area contributed by atoms with E-state index in [1.165, 1.54) is 37.7 Å². The van der Waals surface area contributed by atoms with Gasteiger partial charge in [-0.3, -0.25) is 0 Å². The standard InChI is InChI=1S/C12H16ClNS/c13-10-6-9-7-14-8-12(11(9)15-10)4-2-1-3-5-12/h6,14H,1-5,7-8H2. The average Bonchev–Trinajstić information content (AvgIpc) is 2.62. The van der Waals surface area contributed by atoms with Crippen LogP contribution in [0.15, 0.2) is 6.07 Å². The summed E-state index contributed by atoms with van der Waals surface area (Å²) in [6.07, 6.45) is 6.89. The van der Waals surface area contributed by atoms with Crippen molar-refractivity contribution in [1.82, 2.24) is 5.32 Å². The minimum atomic E-state index is 0.434. The van der Waals surface area contributed by atoms with Gasteiger partial charge in [-0.25, -0.2) is 0 Å². The SMILES string of the molecule is Clc1cc2c(s1)C1(CCCCC1)CNC2. The summed E-state index contributed by atoms with van der Waals surface area (Å²) in [5.74, 6) is 0. The molecule has 0 unspecified atom stereocenters. The highest BCUT2D eigenvalue weighted by atomic mass is 35.5. The largest absolute Gasteiger partial charge is 0.312 e. The summed E-state index contributed by atoms with van der Waals surface area (Å²) >= 11 is 7.97. The normalized spacial score (nSPS) is 24.1. The Hall–Kier alpha value is -0.0500. The molecule has 1 N–H and O–H groups in total. The molecule has 3 rings (SSSR count). The van der Waals surface area contributed by atoms with Crippen LogP contribution in [0.1, 0.15) is 42.5 Å². The Morgan fingerprint density at radius 2 is 2.07 bits per heavy atom. The van der Waals surface area contributed by atoms with E-state index in [0.29, 0.717) is 5.41 Å². The molecule has 2 aliphatic rings. The van der Waals surface area contributed by atoms with Crippen LogP contribution in [0.2, 0.25) is 4.34 Å². The van der Waals surface area contributed by atoms with Crippen molar-refractivity contribution in [2.75, 3.05) is 6.54 Å². The van der Waals surface area contributed by atoms with Crippen molar-refractivity contribution in [2.24, 2.45) is 0 Å². The molecular formula is C12H16ClNS. The number of fused-ring (bicyclic) bond motifs is 2. The second-order valence-corrected chi connectivity index (χ2v) is 6.53. The lowest BCUT2D eigenvalue weighted by Gasteiger charge is -2.40. The summed E-state index contributed by atoms with van der Waals surface area (Å²) in [6, 6.07) is 2.16. The second kappa shape index (κ2) is 3.76. The van der Waals surface area contributed by atoms with Crippen LogP contribution in [0.5, 0.6) is 0 Å². The zero-order valence-electron chi connectivity index (χ0n) is 8.81. The van der Waals surface area contributed by atoms with E-state index in [1.54, 1.807) is 4.88 Å². The van der Waals surface area contributed by atoms with E-state index in [9.17, 15) is 0 Å². The van der Waals surface area contributed by atoms with E-state index < -0.39 is 0 Å². The van der Waals surface area contributed by atoms with Crippen LogP contribution in [0.25, 0.3) is 0 Å². The van der Waals surface area contributed by atoms with Gasteiger partial charge in [-0.15, -0.1) is 11.3 Å². The van der Waals surface area contributed by atoms with Gasteiger partial charge in [0.15, 0.2) is 0 Å². The number of hydrogen-bond acceptors (Lipinski definition) is 2. The van der Waals surface area contributed by atoms with Crippen molar-refractivity contribution < 1.29 is 0 Å². The van der Waals surface area contributed by atoms with Gasteiger partial charge >= 0.3 is 0 Å². The molecule has 0 atom stereocenters. The molecule has 1 fully saturated rings. The van der Waals surface area contributed by atoms with Crippen molar-refractivity contribution in [2.45, 2.75) is 44.1 Å². The summed E-state index contributed by atoms with van der Waals surface area (Å²) in [6.45, 7) is 2.18. The van der Waals surface area contributed by atoms with Crippen molar-refractivity contribution in [3.05, 3.63) is 20.8 Å². The second-order valence-electron chi connectivity index (χ2n) is 4.85. The molecule has 0 amide bonds. The first-order chi connectivity index (χ1) is 7.30. The van der Waals surface area contributed by atoms with Gasteiger partial charge in [-0.2, -0.15) is 0 Å². The van der Waals surface area contributed by atoms with Crippen molar-refractivity contribution >= 4 is 22.9 Å². The van der Waals surface area contributed by atoms with Crippen LogP contribution >= 0.6 is 22.9 Å². The van der Waals surface area contributed by atoms with Gasteiger partial charge < -0.3 is 5.32 Å². The lowest BCUT2D eigenvalue weighted by Crippen LogP contribution is -2.43. The molecule has 0 radical (unpaired) electrons. The number of halogens is 1. The Morgan fingerprint density at radius 1 is 1.27 bits per heavy atom. The maximum absolute atomic E-state index is 6.14. The number of thiophene rings is 1. The zero-order chi connectivity index (χ0) is 10.3. The molecule has 3 heteroatoms. The molecule has 1 aliphatic heterocycles. The third-order valence-corrected chi connectivity index (χ3v) is 5.40. The Kier molecular flexibility index (Phi) is 2.54. The number of hydrogen-bond donors (Lipinski definition) is 1. The van der Waals surface area contributed by atoms with Crippen molar-refractivity contribution in [3.63, 3.8) is 0 Å². The van der Waals surface area contributed by atoms with Crippen LogP contribution in [0.3, 0.4) is 0 Å². The molecule has 15 heavy (non-hydrogen) atoms. The van der Waals surface area contributed by atoms with Crippen LogP contribution in [0.4, 0.5) is 0 Å². The quantitative estimate of drug-likeness (QED) is 0.730. The first kappa shape index (κ1) is 10.1. The molecule has 1 saturated carbocycles. The third kappa shape index (κ3) is 1.63. The minimum absolute atomic E-state index is 0.434. The van der Waals surface area contributed by atoms with Crippen LogP contribution in [0, 0.1) is 0 Å². The highest BCUT2D eigenvalue weighted by Crippen LogP contribution is 2.46. The van der Waals surface area contributed by atoms with Crippen molar-refractivity contribution in [1.29, 1.82) is 0 Å². The summed E-state index contributed by atoms with van der Waals surface area (Å²) < 4.78 is 0.966. The maximum Gasteiger partial charge on any atom is 0.0934 e. The first-order valence-corrected chi connectivity index (χ1v) is 6.99. The van der Waals surface area contributed by atoms with E-state index in [2.05, 4.69) is 11.4 Å². The summed E-state index contributed by atoms with van der Waals surface area (Å²) in [7, 11) is 0. The van der Waals surface area contributed by atoms with E-state index in [4.69, 9.17) is 11.6 Å². The fourth-order valence-electron chi connectivity index (χ4n) is 3.12. The molecular weight excluding hydrogens is 226 g/mol. The molecule has 82 valence electrons. The monoisotopic (exact) mass is 241 g/mol. The molecule has 1 aromatic heterocycles. The molecule has 1 aliphatic carbocycles. The predicted octanol–water partition coefficient (Wildman–Crippen LogP) is 3.71. The smallest absolute Gasteiger partial charge is 0.0934 e. The first-order valence-electron chi connectivity index (χ1n) is 5.80. The van der Waals surface area contributed by atoms with Gasteiger partial charge in [-0.05, 0) is 24.5 Å². The summed E-state index contributed by atoms with van der Waals surface area (Å²) in [4.78, 5) is 1.59. The molecule has 0 saturated heterocycles. The third-order valence-electron chi connectivity index (χ3n) is 3.85. The number of rotatable bonds is 0. The number of nitrogens with one attached hydrogen (secondary N) is 1. The topological polar surface area (TPSA) is 12.0 Å². The van der Waals surface area contributed by atoms with Crippen LogP contribution < -0.4 is 5.32 Å². The Labute approximate surface area is 99.8 Å². The fourth-order valence-corrected chi connectivity index (χ4v) is 4.64. The zero-order valence-corrected chi connectivity index (χ0v) is 10.4. The molecule has 0 bridgehead atoms.